The molecule has 2 aliphatic rings. The zero-order chi connectivity index (χ0) is 16.3. The first kappa shape index (κ1) is 16.6. The van der Waals surface area contributed by atoms with Crippen LogP contribution in [0.1, 0.15) is 52.4 Å². The Morgan fingerprint density at radius 2 is 1.74 bits per heavy atom. The van der Waals surface area contributed by atoms with Gasteiger partial charge in [0.15, 0.2) is 0 Å². The van der Waals surface area contributed by atoms with Crippen LogP contribution in [0.2, 0.25) is 0 Å². The lowest BCUT2D eigenvalue weighted by molar-refractivity contribution is 0.129. The minimum Gasteiger partial charge on any atom is -0.397 e. The van der Waals surface area contributed by atoms with Gasteiger partial charge >= 0.3 is 0 Å². The van der Waals surface area contributed by atoms with Crippen molar-refractivity contribution >= 4 is 11.4 Å². The Labute approximate surface area is 141 Å². The monoisotopic (exact) mass is 315 g/mol. The summed E-state index contributed by atoms with van der Waals surface area (Å²) in [4.78, 5) is 2.69. The summed E-state index contributed by atoms with van der Waals surface area (Å²) in [7, 11) is 0. The van der Waals surface area contributed by atoms with Gasteiger partial charge in [-0.05, 0) is 62.0 Å². The molecule has 3 nitrogen and oxygen atoms in total. The van der Waals surface area contributed by atoms with Gasteiger partial charge in [-0.25, -0.2) is 0 Å². The van der Waals surface area contributed by atoms with Gasteiger partial charge in [0.1, 0.15) is 0 Å². The summed E-state index contributed by atoms with van der Waals surface area (Å²) >= 11 is 0. The number of para-hydroxylation sites is 2. The van der Waals surface area contributed by atoms with Gasteiger partial charge in [-0.2, -0.15) is 0 Å². The van der Waals surface area contributed by atoms with E-state index in [4.69, 9.17) is 5.73 Å². The molecule has 0 aromatic heterocycles. The maximum atomic E-state index is 6.04. The number of piperidine rings is 1. The maximum Gasteiger partial charge on any atom is 0.0576 e. The van der Waals surface area contributed by atoms with Crippen LogP contribution in [0.5, 0.6) is 0 Å². The Kier molecular flexibility index (Phi) is 5.15. The third kappa shape index (κ3) is 4.63. The average Bonchev–Trinajstić information content (AvgIpc) is 2.53. The van der Waals surface area contributed by atoms with Crippen LogP contribution in [0.3, 0.4) is 0 Å². The predicted molar refractivity (Wildman–Crippen MR) is 99.7 cm³/mol. The third-order valence-electron chi connectivity index (χ3n) is 5.88. The largest absolute Gasteiger partial charge is 0.397 e. The fraction of sp³-hybridized carbons (Fsp3) is 0.700. The molecule has 0 unspecified atom stereocenters. The van der Waals surface area contributed by atoms with Crippen molar-refractivity contribution in [1.82, 2.24) is 4.90 Å². The average molecular weight is 316 g/mol. The van der Waals surface area contributed by atoms with Crippen LogP contribution in [-0.2, 0) is 0 Å². The molecule has 2 fully saturated rings. The molecule has 1 heterocycles. The summed E-state index contributed by atoms with van der Waals surface area (Å²) in [6, 6.07) is 8.68. The van der Waals surface area contributed by atoms with Crippen LogP contribution < -0.4 is 11.1 Å². The van der Waals surface area contributed by atoms with Gasteiger partial charge in [-0.1, -0.05) is 26.0 Å². The molecule has 3 N–H and O–H groups in total. The van der Waals surface area contributed by atoms with Gasteiger partial charge in [-0.3, -0.25) is 0 Å². The van der Waals surface area contributed by atoms with Gasteiger partial charge in [0, 0.05) is 25.7 Å². The number of likely N-dealkylation sites (tertiary alicyclic amines) is 1. The van der Waals surface area contributed by atoms with Crippen molar-refractivity contribution in [3.8, 4) is 0 Å². The molecule has 1 aliphatic carbocycles. The van der Waals surface area contributed by atoms with E-state index in [1.54, 1.807) is 0 Å². The van der Waals surface area contributed by atoms with E-state index in [0.717, 1.165) is 17.3 Å². The van der Waals surface area contributed by atoms with E-state index >= 15 is 0 Å². The van der Waals surface area contributed by atoms with E-state index in [2.05, 4.69) is 36.2 Å². The Hall–Kier alpha value is -1.22. The van der Waals surface area contributed by atoms with E-state index in [1.807, 2.05) is 12.1 Å². The third-order valence-corrected chi connectivity index (χ3v) is 5.88. The minimum atomic E-state index is 0.571. The number of nitrogens with one attached hydrogen (secondary N) is 1. The Bertz CT molecular complexity index is 493. The smallest absolute Gasteiger partial charge is 0.0576 e. The second-order valence-corrected chi connectivity index (χ2v) is 8.41. The van der Waals surface area contributed by atoms with Gasteiger partial charge in [0.2, 0.25) is 0 Å². The lowest BCUT2D eigenvalue weighted by atomic mass is 9.73. The van der Waals surface area contributed by atoms with Crippen molar-refractivity contribution in [3.05, 3.63) is 24.3 Å². The molecule has 128 valence electrons. The normalized spacial score (nSPS) is 23.7. The molecule has 23 heavy (non-hydrogen) atoms. The molecule has 0 bridgehead atoms. The molecule has 1 aliphatic heterocycles. The van der Waals surface area contributed by atoms with Crippen molar-refractivity contribution in [2.24, 2.45) is 11.3 Å². The standard InChI is InChI=1S/C20H33N3/c1-20(2)11-7-16(8-12-20)15-23-13-9-17(10-14-23)22-19-6-4-3-5-18(19)21/h3-6,16-17,22H,7-15,21H2,1-2H3. The first-order valence-electron chi connectivity index (χ1n) is 9.35. The van der Waals surface area contributed by atoms with E-state index in [9.17, 15) is 0 Å². The quantitative estimate of drug-likeness (QED) is 0.811. The first-order valence-corrected chi connectivity index (χ1v) is 9.35. The van der Waals surface area contributed by atoms with E-state index in [-0.39, 0.29) is 0 Å². The number of nitrogens with two attached hydrogens (primary N) is 1. The van der Waals surface area contributed by atoms with Crippen LogP contribution in [0.4, 0.5) is 11.4 Å². The second kappa shape index (κ2) is 7.12. The fourth-order valence-corrected chi connectivity index (χ4v) is 4.12. The highest BCUT2D eigenvalue weighted by Crippen LogP contribution is 2.38. The number of rotatable bonds is 4. The van der Waals surface area contributed by atoms with Crippen molar-refractivity contribution in [2.45, 2.75) is 58.4 Å². The van der Waals surface area contributed by atoms with E-state index in [1.165, 1.54) is 58.2 Å². The molecule has 3 heteroatoms. The summed E-state index contributed by atoms with van der Waals surface area (Å²) in [6.07, 6.45) is 8.11. The lowest BCUT2D eigenvalue weighted by Gasteiger charge is -2.39. The van der Waals surface area contributed by atoms with Gasteiger partial charge in [-0.15, -0.1) is 0 Å². The Morgan fingerprint density at radius 1 is 1.09 bits per heavy atom. The Balaban J connectivity index is 1.41. The Morgan fingerprint density at radius 3 is 2.39 bits per heavy atom. The van der Waals surface area contributed by atoms with Crippen molar-refractivity contribution in [3.63, 3.8) is 0 Å². The molecule has 0 atom stereocenters. The summed E-state index contributed by atoms with van der Waals surface area (Å²) < 4.78 is 0. The van der Waals surface area contributed by atoms with Crippen LogP contribution >= 0.6 is 0 Å². The van der Waals surface area contributed by atoms with Gasteiger partial charge in [0.05, 0.1) is 11.4 Å². The maximum absolute atomic E-state index is 6.04. The number of nitrogens with zero attached hydrogens (tertiary/aromatic N) is 1. The van der Waals surface area contributed by atoms with Crippen molar-refractivity contribution < 1.29 is 0 Å². The number of hydrogen-bond donors (Lipinski definition) is 2. The molecule has 0 radical (unpaired) electrons. The lowest BCUT2D eigenvalue weighted by Crippen LogP contribution is -2.42. The number of anilines is 2. The van der Waals surface area contributed by atoms with Gasteiger partial charge in [0.25, 0.3) is 0 Å². The van der Waals surface area contributed by atoms with E-state index in [0.29, 0.717) is 11.5 Å². The second-order valence-electron chi connectivity index (χ2n) is 8.41. The van der Waals surface area contributed by atoms with E-state index < -0.39 is 0 Å². The highest BCUT2D eigenvalue weighted by Gasteiger charge is 2.29. The molecule has 0 spiro atoms. The zero-order valence-electron chi connectivity index (χ0n) is 14.9. The zero-order valence-corrected chi connectivity index (χ0v) is 14.9. The molecular weight excluding hydrogens is 282 g/mol. The first-order chi connectivity index (χ1) is 11.0. The topological polar surface area (TPSA) is 41.3 Å². The molecule has 1 aromatic rings. The minimum absolute atomic E-state index is 0.571. The number of hydrogen-bond acceptors (Lipinski definition) is 3. The highest BCUT2D eigenvalue weighted by molar-refractivity contribution is 5.65. The molecule has 1 saturated heterocycles. The molecule has 3 rings (SSSR count). The SMILES string of the molecule is CC1(C)CCC(CN2CCC(Nc3ccccc3N)CC2)CC1. The number of benzene rings is 1. The van der Waals surface area contributed by atoms with Crippen LogP contribution in [0.25, 0.3) is 0 Å². The van der Waals surface area contributed by atoms with Gasteiger partial charge < -0.3 is 16.0 Å². The van der Waals surface area contributed by atoms with Crippen LogP contribution in [0.15, 0.2) is 24.3 Å². The van der Waals surface area contributed by atoms with Crippen molar-refractivity contribution in [2.75, 3.05) is 30.7 Å². The molecule has 1 aromatic carbocycles. The summed E-state index contributed by atoms with van der Waals surface area (Å²) in [5.41, 5.74) is 8.58. The van der Waals surface area contributed by atoms with Crippen LogP contribution in [0, 0.1) is 11.3 Å². The molecule has 1 saturated carbocycles. The molecular formula is C20H33N3. The number of nitrogen functional groups attached to an aromatic ring is 1. The fourth-order valence-electron chi connectivity index (χ4n) is 4.12. The summed E-state index contributed by atoms with van der Waals surface area (Å²) in [5, 5.41) is 3.63. The highest BCUT2D eigenvalue weighted by atomic mass is 15.1. The summed E-state index contributed by atoms with van der Waals surface area (Å²) in [6.45, 7) is 8.62. The van der Waals surface area contributed by atoms with Crippen LogP contribution in [-0.4, -0.2) is 30.6 Å². The predicted octanol–water partition coefficient (Wildman–Crippen LogP) is 4.36. The molecule has 0 amide bonds. The summed E-state index contributed by atoms with van der Waals surface area (Å²) in [5.74, 6) is 0.928. The van der Waals surface area contributed by atoms with Crippen molar-refractivity contribution in [1.29, 1.82) is 0 Å².